The molecule has 12 rings (SSSR count). The van der Waals surface area contributed by atoms with E-state index in [9.17, 15) is 0 Å². The third kappa shape index (κ3) is 4.79. The summed E-state index contributed by atoms with van der Waals surface area (Å²) < 4.78 is 11.2. The fourth-order valence-corrected chi connectivity index (χ4v) is 9.28. The smallest absolute Gasteiger partial charge is 0.135 e. The highest BCUT2D eigenvalue weighted by Crippen LogP contribution is 2.45. The highest BCUT2D eigenvalue weighted by atomic mass is 16.3. The van der Waals surface area contributed by atoms with Gasteiger partial charge in [0.15, 0.2) is 0 Å². The minimum absolute atomic E-state index is 0.886. The van der Waals surface area contributed by atoms with Gasteiger partial charge in [-0.05, 0) is 88.0 Å². The van der Waals surface area contributed by atoms with Crippen LogP contribution in [0.3, 0.4) is 0 Å². The minimum Gasteiger partial charge on any atom is -0.456 e. The van der Waals surface area contributed by atoms with Crippen molar-refractivity contribution >= 4 is 65.6 Å². The summed E-state index contributed by atoms with van der Waals surface area (Å²) in [6.07, 6.45) is 0. The predicted molar refractivity (Wildman–Crippen MR) is 239 cm³/mol. The Kier molecular flexibility index (Phi) is 6.93. The molecule has 3 aromatic heterocycles. The zero-order chi connectivity index (χ0) is 37.5. The average Bonchev–Trinajstić information content (AvgIpc) is 3.94. The standard InChI is InChI=1S/C54H34N2O/c1-3-15-35(16-4-1)39-22-13-23-40(36-17-5-2-6-18-36)53(39)37-29-31-44-50(33-37)55(38-30-32-52-45(34-38)43-21-9-12-28-51(43)57-52)48-26-14-27-49(54(44)48)56-46-24-10-7-19-41(46)42-20-8-11-25-47(42)56/h1-34H. The summed E-state index contributed by atoms with van der Waals surface area (Å²) in [6, 6.07) is 74.6. The van der Waals surface area contributed by atoms with Gasteiger partial charge in [-0.2, -0.15) is 0 Å². The SMILES string of the molecule is c1ccc(-c2cccc(-c3ccccc3)c2-c2ccc3c4c(-n5c6ccccc6c6ccccc65)cccc4n(-c4ccc5oc6ccccc6c5c4)c3c2)cc1. The molecule has 57 heavy (non-hydrogen) atoms. The first-order chi connectivity index (χ1) is 28.3. The summed E-state index contributed by atoms with van der Waals surface area (Å²) in [7, 11) is 0. The zero-order valence-electron chi connectivity index (χ0n) is 30.9. The van der Waals surface area contributed by atoms with Gasteiger partial charge in [0, 0.05) is 38.0 Å². The molecule has 0 fully saturated rings. The van der Waals surface area contributed by atoms with E-state index in [4.69, 9.17) is 4.42 Å². The Morgan fingerprint density at radius 1 is 0.316 bits per heavy atom. The summed E-state index contributed by atoms with van der Waals surface area (Å²) in [5, 5.41) is 7.13. The van der Waals surface area contributed by atoms with E-state index in [2.05, 4.69) is 203 Å². The Morgan fingerprint density at radius 2 is 0.895 bits per heavy atom. The van der Waals surface area contributed by atoms with Crippen LogP contribution in [-0.4, -0.2) is 9.13 Å². The van der Waals surface area contributed by atoms with E-state index < -0.39 is 0 Å². The van der Waals surface area contributed by atoms with Crippen LogP contribution in [0.15, 0.2) is 211 Å². The van der Waals surface area contributed by atoms with Gasteiger partial charge >= 0.3 is 0 Å². The Hall–Kier alpha value is -7.62. The predicted octanol–water partition coefficient (Wildman–Crippen LogP) is 14.8. The van der Waals surface area contributed by atoms with Crippen molar-refractivity contribution in [2.75, 3.05) is 0 Å². The van der Waals surface area contributed by atoms with E-state index in [0.717, 1.165) is 49.9 Å². The van der Waals surface area contributed by atoms with Gasteiger partial charge in [0.25, 0.3) is 0 Å². The maximum Gasteiger partial charge on any atom is 0.135 e. The second kappa shape index (κ2) is 12.5. The van der Waals surface area contributed by atoms with Gasteiger partial charge in [-0.15, -0.1) is 0 Å². The molecule has 0 atom stereocenters. The van der Waals surface area contributed by atoms with Gasteiger partial charge in [0.1, 0.15) is 11.2 Å². The molecule has 0 bridgehead atoms. The molecule has 3 heterocycles. The summed E-state index contributed by atoms with van der Waals surface area (Å²) in [5.41, 5.74) is 15.9. The topological polar surface area (TPSA) is 23.0 Å². The molecule has 0 saturated heterocycles. The van der Waals surface area contributed by atoms with E-state index >= 15 is 0 Å². The van der Waals surface area contributed by atoms with Gasteiger partial charge in [0.2, 0.25) is 0 Å². The van der Waals surface area contributed by atoms with Crippen molar-refractivity contribution < 1.29 is 4.42 Å². The number of benzene rings is 9. The maximum absolute atomic E-state index is 6.32. The van der Waals surface area contributed by atoms with Crippen molar-refractivity contribution in [1.82, 2.24) is 9.13 Å². The van der Waals surface area contributed by atoms with Gasteiger partial charge in [0.05, 0.1) is 27.8 Å². The highest BCUT2D eigenvalue weighted by molar-refractivity contribution is 6.17. The first-order valence-corrected chi connectivity index (χ1v) is 19.5. The number of para-hydroxylation sites is 3. The van der Waals surface area contributed by atoms with Gasteiger partial charge in [-0.3, -0.25) is 0 Å². The molecule has 0 aliphatic rings. The van der Waals surface area contributed by atoms with E-state index in [1.165, 1.54) is 60.4 Å². The Balaban J connectivity index is 1.21. The summed E-state index contributed by atoms with van der Waals surface area (Å²) in [6.45, 7) is 0. The number of fused-ring (bicyclic) bond motifs is 9. The highest BCUT2D eigenvalue weighted by Gasteiger charge is 2.22. The third-order valence-corrected chi connectivity index (χ3v) is 11.7. The van der Waals surface area contributed by atoms with Crippen molar-refractivity contribution in [2.24, 2.45) is 0 Å². The molecule has 0 aliphatic heterocycles. The molecule has 0 saturated carbocycles. The van der Waals surface area contributed by atoms with E-state index in [0.29, 0.717) is 0 Å². The lowest BCUT2D eigenvalue weighted by Crippen LogP contribution is -1.96. The monoisotopic (exact) mass is 726 g/mol. The Bertz CT molecular complexity index is 3400. The summed E-state index contributed by atoms with van der Waals surface area (Å²) in [4.78, 5) is 0. The second-order valence-corrected chi connectivity index (χ2v) is 14.8. The number of rotatable bonds is 5. The van der Waals surface area contributed by atoms with Crippen LogP contribution in [0.5, 0.6) is 0 Å². The van der Waals surface area contributed by atoms with Crippen molar-refractivity contribution in [2.45, 2.75) is 0 Å². The van der Waals surface area contributed by atoms with Crippen LogP contribution in [0.4, 0.5) is 0 Å². The van der Waals surface area contributed by atoms with Gasteiger partial charge in [-0.1, -0.05) is 152 Å². The number of hydrogen-bond acceptors (Lipinski definition) is 1. The lowest BCUT2D eigenvalue weighted by atomic mass is 9.87. The molecule has 3 heteroatoms. The van der Waals surface area contributed by atoms with Crippen LogP contribution in [0.1, 0.15) is 0 Å². The number of hydrogen-bond donors (Lipinski definition) is 0. The fourth-order valence-electron chi connectivity index (χ4n) is 9.28. The molecular formula is C54H34N2O. The molecule has 0 spiro atoms. The zero-order valence-corrected chi connectivity index (χ0v) is 30.9. The van der Waals surface area contributed by atoms with Gasteiger partial charge in [-0.25, -0.2) is 0 Å². The number of furan rings is 1. The van der Waals surface area contributed by atoms with Crippen LogP contribution in [0.2, 0.25) is 0 Å². The molecule has 0 unspecified atom stereocenters. The van der Waals surface area contributed by atoms with E-state index in [1.807, 2.05) is 12.1 Å². The summed E-state index contributed by atoms with van der Waals surface area (Å²) in [5.74, 6) is 0. The van der Waals surface area contributed by atoms with Crippen LogP contribution in [0.25, 0.3) is 110 Å². The molecule has 0 N–H and O–H groups in total. The lowest BCUT2D eigenvalue weighted by molar-refractivity contribution is 0.669. The van der Waals surface area contributed by atoms with E-state index in [1.54, 1.807) is 0 Å². The van der Waals surface area contributed by atoms with Crippen molar-refractivity contribution in [3.8, 4) is 44.8 Å². The minimum atomic E-state index is 0.886. The quantitative estimate of drug-likeness (QED) is 0.173. The van der Waals surface area contributed by atoms with Crippen LogP contribution in [-0.2, 0) is 0 Å². The molecule has 12 aromatic rings. The third-order valence-electron chi connectivity index (χ3n) is 11.7. The molecule has 0 aliphatic carbocycles. The van der Waals surface area contributed by atoms with E-state index in [-0.39, 0.29) is 0 Å². The Morgan fingerprint density at radius 3 is 1.60 bits per heavy atom. The molecule has 3 nitrogen and oxygen atoms in total. The first-order valence-electron chi connectivity index (χ1n) is 19.5. The van der Waals surface area contributed by atoms with Crippen molar-refractivity contribution in [3.63, 3.8) is 0 Å². The molecule has 266 valence electrons. The fraction of sp³-hybridized carbons (Fsp3) is 0. The van der Waals surface area contributed by atoms with Gasteiger partial charge < -0.3 is 13.6 Å². The number of aromatic nitrogens is 2. The maximum atomic E-state index is 6.32. The van der Waals surface area contributed by atoms with Crippen LogP contribution in [0, 0.1) is 0 Å². The molecule has 9 aromatic carbocycles. The van der Waals surface area contributed by atoms with Crippen molar-refractivity contribution in [3.05, 3.63) is 206 Å². The normalized spacial score (nSPS) is 11.9. The molecular weight excluding hydrogens is 693 g/mol. The number of nitrogens with zero attached hydrogens (tertiary/aromatic N) is 2. The summed E-state index contributed by atoms with van der Waals surface area (Å²) >= 11 is 0. The average molecular weight is 727 g/mol. The van der Waals surface area contributed by atoms with Crippen LogP contribution < -0.4 is 0 Å². The molecule has 0 radical (unpaired) electrons. The lowest BCUT2D eigenvalue weighted by Gasteiger charge is -2.17. The first kappa shape index (κ1) is 31.7. The second-order valence-electron chi connectivity index (χ2n) is 14.8. The Labute approximate surface area is 328 Å². The van der Waals surface area contributed by atoms with Crippen LogP contribution >= 0.6 is 0 Å². The largest absolute Gasteiger partial charge is 0.456 e. The molecule has 0 amide bonds. The van der Waals surface area contributed by atoms with Crippen molar-refractivity contribution in [1.29, 1.82) is 0 Å².